The molecular formula is C16H13N3O2S. The maximum Gasteiger partial charge on any atom is 0.266 e. The van der Waals surface area contributed by atoms with E-state index in [0.717, 1.165) is 11.3 Å². The Balaban J connectivity index is 2.14. The molecule has 0 aliphatic carbocycles. The molecule has 1 aliphatic rings. The van der Waals surface area contributed by atoms with Crippen LogP contribution in [0.3, 0.4) is 0 Å². The van der Waals surface area contributed by atoms with Gasteiger partial charge in [-0.25, -0.2) is 0 Å². The van der Waals surface area contributed by atoms with Gasteiger partial charge in [0.1, 0.15) is 17.4 Å². The van der Waals surface area contributed by atoms with Gasteiger partial charge in [0.2, 0.25) is 0 Å². The highest BCUT2D eigenvalue weighted by Crippen LogP contribution is 2.35. The maximum atomic E-state index is 12.1. The molecule has 0 saturated heterocycles. The number of hydrogen-bond acceptors (Lipinski definition) is 5. The van der Waals surface area contributed by atoms with Gasteiger partial charge in [-0.1, -0.05) is 17.7 Å². The molecule has 5 nitrogen and oxygen atoms in total. The van der Waals surface area contributed by atoms with Crippen molar-refractivity contribution in [3.63, 3.8) is 0 Å². The largest absolute Gasteiger partial charge is 0.465 e. The summed E-state index contributed by atoms with van der Waals surface area (Å²) in [5, 5.41) is 12.3. The highest BCUT2D eigenvalue weighted by atomic mass is 32.1. The standard InChI is InChI=1S/C16H13N3O2S/c1-10-4-6-11(7-5-10)19-14(13-3-2-8-21-13)18-15(20)12(9-17)16(19)22/h2-8,14,22H,1H3,(H,18,20)/t14-/m1/s1. The fourth-order valence-electron chi connectivity index (χ4n) is 2.33. The fourth-order valence-corrected chi connectivity index (χ4v) is 2.71. The lowest BCUT2D eigenvalue weighted by Gasteiger charge is -2.36. The first kappa shape index (κ1) is 14.3. The summed E-state index contributed by atoms with van der Waals surface area (Å²) in [5.41, 5.74) is 1.90. The normalized spacial score (nSPS) is 18.1. The van der Waals surface area contributed by atoms with Gasteiger partial charge in [0.15, 0.2) is 6.17 Å². The summed E-state index contributed by atoms with van der Waals surface area (Å²) < 4.78 is 5.42. The zero-order valence-electron chi connectivity index (χ0n) is 11.8. The molecule has 0 bridgehead atoms. The van der Waals surface area contributed by atoms with Crippen LogP contribution in [0.5, 0.6) is 0 Å². The van der Waals surface area contributed by atoms with E-state index in [1.54, 1.807) is 17.0 Å². The van der Waals surface area contributed by atoms with Crippen LogP contribution in [0.4, 0.5) is 5.69 Å². The number of anilines is 1. The second kappa shape index (κ2) is 5.62. The lowest BCUT2D eigenvalue weighted by atomic mass is 10.1. The number of amides is 1. The molecule has 6 heteroatoms. The second-order valence-electron chi connectivity index (χ2n) is 4.91. The minimum absolute atomic E-state index is 0.0216. The second-order valence-corrected chi connectivity index (χ2v) is 5.33. The van der Waals surface area contributed by atoms with Crippen LogP contribution in [-0.2, 0) is 4.79 Å². The molecule has 0 fully saturated rings. The molecule has 22 heavy (non-hydrogen) atoms. The number of nitrogens with zero attached hydrogens (tertiary/aromatic N) is 2. The number of thiol groups is 1. The van der Waals surface area contributed by atoms with E-state index in [2.05, 4.69) is 17.9 Å². The van der Waals surface area contributed by atoms with E-state index in [1.165, 1.54) is 6.26 Å². The zero-order valence-corrected chi connectivity index (χ0v) is 12.7. The summed E-state index contributed by atoms with van der Waals surface area (Å²) in [6, 6.07) is 13.1. The average Bonchev–Trinajstić information content (AvgIpc) is 3.03. The lowest BCUT2D eigenvalue weighted by Crippen LogP contribution is -2.45. The molecule has 1 atom stereocenters. The van der Waals surface area contributed by atoms with Gasteiger partial charge in [0.25, 0.3) is 5.91 Å². The van der Waals surface area contributed by atoms with Crippen LogP contribution in [0.25, 0.3) is 0 Å². The third-order valence-corrected chi connectivity index (χ3v) is 3.88. The number of rotatable bonds is 2. The van der Waals surface area contributed by atoms with Gasteiger partial charge in [-0.05, 0) is 31.2 Å². The molecular weight excluding hydrogens is 298 g/mol. The van der Waals surface area contributed by atoms with Gasteiger partial charge in [0.05, 0.1) is 11.3 Å². The molecule has 0 saturated carbocycles. The van der Waals surface area contributed by atoms with Crippen LogP contribution >= 0.6 is 12.6 Å². The van der Waals surface area contributed by atoms with Crippen molar-refractivity contribution in [1.82, 2.24) is 5.32 Å². The van der Waals surface area contributed by atoms with Crippen LogP contribution in [0.1, 0.15) is 17.5 Å². The molecule has 0 spiro atoms. The molecule has 0 radical (unpaired) electrons. The number of nitrogens with one attached hydrogen (secondary N) is 1. The van der Waals surface area contributed by atoms with Crippen molar-refractivity contribution in [1.29, 1.82) is 5.26 Å². The van der Waals surface area contributed by atoms with Crippen molar-refractivity contribution in [3.8, 4) is 6.07 Å². The summed E-state index contributed by atoms with van der Waals surface area (Å²) in [6.45, 7) is 1.99. The number of nitriles is 1. The monoisotopic (exact) mass is 311 g/mol. The van der Waals surface area contributed by atoms with Gasteiger partial charge >= 0.3 is 0 Å². The van der Waals surface area contributed by atoms with Crippen molar-refractivity contribution >= 4 is 24.2 Å². The van der Waals surface area contributed by atoms with E-state index in [1.807, 2.05) is 37.3 Å². The summed E-state index contributed by atoms with van der Waals surface area (Å²) in [7, 11) is 0. The molecule has 0 unspecified atom stereocenters. The van der Waals surface area contributed by atoms with Crippen LogP contribution in [0.15, 0.2) is 57.7 Å². The number of carbonyl (C=O) groups excluding carboxylic acids is 1. The Bertz CT molecular complexity index is 773. The summed E-state index contributed by atoms with van der Waals surface area (Å²) >= 11 is 4.40. The minimum atomic E-state index is -0.546. The van der Waals surface area contributed by atoms with Gasteiger partial charge < -0.3 is 14.6 Å². The Morgan fingerprint density at radius 1 is 1.32 bits per heavy atom. The van der Waals surface area contributed by atoms with Gasteiger partial charge in [-0.15, -0.1) is 12.6 Å². The molecule has 3 rings (SSSR count). The molecule has 1 amide bonds. The Morgan fingerprint density at radius 2 is 2.05 bits per heavy atom. The average molecular weight is 311 g/mol. The van der Waals surface area contributed by atoms with E-state index < -0.39 is 12.1 Å². The first-order valence-corrected chi connectivity index (χ1v) is 7.10. The van der Waals surface area contributed by atoms with Crippen LogP contribution in [0.2, 0.25) is 0 Å². The third-order valence-electron chi connectivity index (χ3n) is 3.44. The molecule has 2 heterocycles. The first-order chi connectivity index (χ1) is 10.6. The zero-order chi connectivity index (χ0) is 15.7. The summed E-state index contributed by atoms with van der Waals surface area (Å²) in [6.07, 6.45) is 0.992. The first-order valence-electron chi connectivity index (χ1n) is 6.65. The van der Waals surface area contributed by atoms with Gasteiger partial charge in [-0.2, -0.15) is 5.26 Å². The lowest BCUT2D eigenvalue weighted by molar-refractivity contribution is -0.118. The predicted octanol–water partition coefficient (Wildman–Crippen LogP) is 2.89. The minimum Gasteiger partial charge on any atom is -0.465 e. The van der Waals surface area contributed by atoms with E-state index in [9.17, 15) is 10.1 Å². The Kier molecular flexibility index (Phi) is 3.65. The highest BCUT2D eigenvalue weighted by molar-refractivity contribution is 7.84. The Morgan fingerprint density at radius 3 is 2.64 bits per heavy atom. The SMILES string of the molecule is Cc1ccc(N2C(S)=C(C#N)C(=O)N[C@H]2c2ccco2)cc1. The fraction of sp³-hybridized carbons (Fsp3) is 0.125. The van der Waals surface area contributed by atoms with Crippen LogP contribution < -0.4 is 10.2 Å². The topological polar surface area (TPSA) is 69.3 Å². The van der Waals surface area contributed by atoms with Gasteiger partial charge in [-0.3, -0.25) is 4.79 Å². The van der Waals surface area contributed by atoms with E-state index in [-0.39, 0.29) is 5.57 Å². The number of aryl methyl sites for hydroxylation is 1. The number of furan rings is 1. The summed E-state index contributed by atoms with van der Waals surface area (Å²) in [4.78, 5) is 13.8. The Hall–Kier alpha value is -2.65. The van der Waals surface area contributed by atoms with Crippen molar-refractivity contribution in [2.24, 2.45) is 0 Å². The Labute approximate surface area is 133 Å². The molecule has 1 aromatic carbocycles. The van der Waals surface area contributed by atoms with Crippen LogP contribution in [-0.4, -0.2) is 5.91 Å². The van der Waals surface area contributed by atoms with Crippen molar-refractivity contribution < 1.29 is 9.21 Å². The number of benzene rings is 1. The van der Waals surface area contributed by atoms with Crippen LogP contribution in [0, 0.1) is 18.3 Å². The predicted molar refractivity (Wildman–Crippen MR) is 84.9 cm³/mol. The molecule has 1 aromatic heterocycles. The van der Waals surface area contributed by atoms with E-state index in [0.29, 0.717) is 10.8 Å². The van der Waals surface area contributed by atoms with Crippen molar-refractivity contribution in [2.75, 3.05) is 4.90 Å². The number of carbonyl (C=O) groups is 1. The molecule has 110 valence electrons. The van der Waals surface area contributed by atoms with Gasteiger partial charge in [0, 0.05) is 5.69 Å². The maximum absolute atomic E-state index is 12.1. The highest BCUT2D eigenvalue weighted by Gasteiger charge is 2.35. The third kappa shape index (κ3) is 2.36. The molecule has 1 aliphatic heterocycles. The van der Waals surface area contributed by atoms with Crippen molar-refractivity contribution in [2.45, 2.75) is 13.1 Å². The van der Waals surface area contributed by atoms with Crippen molar-refractivity contribution in [3.05, 3.63) is 64.6 Å². The quantitative estimate of drug-likeness (QED) is 0.837. The smallest absolute Gasteiger partial charge is 0.266 e. The van der Waals surface area contributed by atoms with E-state index >= 15 is 0 Å². The molecule has 1 N–H and O–H groups in total. The number of hydrogen-bond donors (Lipinski definition) is 2. The molecule has 2 aromatic rings. The van der Waals surface area contributed by atoms with E-state index in [4.69, 9.17) is 4.42 Å². The summed E-state index contributed by atoms with van der Waals surface area (Å²) in [5.74, 6) is 0.106.